The summed E-state index contributed by atoms with van der Waals surface area (Å²) in [5, 5.41) is 3.47. The van der Waals surface area contributed by atoms with Gasteiger partial charge >= 0.3 is 0 Å². The van der Waals surface area contributed by atoms with Gasteiger partial charge in [0.1, 0.15) is 6.04 Å². The number of carbonyl (C=O) groups is 2. The molecule has 192 valence electrons. The lowest BCUT2D eigenvalue weighted by atomic mass is 10.1. The smallest absolute Gasteiger partial charge is 0.242 e. The molecule has 0 saturated carbocycles. The highest BCUT2D eigenvalue weighted by atomic mass is 35.5. The Kier molecular flexibility index (Phi) is 9.75. The topological polar surface area (TPSA) is 86.8 Å². The second-order valence-electron chi connectivity index (χ2n) is 9.84. The molecule has 1 unspecified atom stereocenters. The number of aryl methyl sites for hydroxylation is 1. The number of anilines is 1. The van der Waals surface area contributed by atoms with Crippen LogP contribution < -0.4 is 9.62 Å². The van der Waals surface area contributed by atoms with Crippen molar-refractivity contribution < 1.29 is 18.0 Å². The van der Waals surface area contributed by atoms with Crippen LogP contribution in [0.4, 0.5) is 5.69 Å². The zero-order valence-corrected chi connectivity index (χ0v) is 22.9. The molecule has 0 aromatic heterocycles. The molecule has 1 N–H and O–H groups in total. The summed E-state index contributed by atoms with van der Waals surface area (Å²) < 4.78 is 26.1. The van der Waals surface area contributed by atoms with Gasteiger partial charge < -0.3 is 10.2 Å². The SMILES string of the molecule is Cc1ccc(N(CCCC(=O)N(Cc2cccc(Cl)c2)C(C)C(=O)NC(C)(C)C)S(C)(=O)=O)cc1. The average molecular weight is 522 g/mol. The van der Waals surface area contributed by atoms with Gasteiger partial charge in [0, 0.05) is 30.1 Å². The number of amides is 2. The molecular formula is C26H36ClN3O4S. The lowest BCUT2D eigenvalue weighted by molar-refractivity contribution is -0.141. The first-order chi connectivity index (χ1) is 16.2. The van der Waals surface area contributed by atoms with E-state index in [1.54, 1.807) is 37.3 Å². The van der Waals surface area contributed by atoms with Crippen LogP contribution in [0.2, 0.25) is 5.02 Å². The highest BCUT2D eigenvalue weighted by Crippen LogP contribution is 2.20. The van der Waals surface area contributed by atoms with E-state index in [0.29, 0.717) is 17.1 Å². The number of hydrogen-bond donors (Lipinski definition) is 1. The number of nitrogens with zero attached hydrogens (tertiary/aromatic N) is 2. The van der Waals surface area contributed by atoms with Gasteiger partial charge in [-0.15, -0.1) is 0 Å². The molecule has 2 aromatic carbocycles. The summed E-state index contributed by atoms with van der Waals surface area (Å²) in [7, 11) is -3.52. The molecule has 0 aliphatic carbocycles. The number of carbonyl (C=O) groups excluding carboxylic acids is 2. The van der Waals surface area contributed by atoms with E-state index in [2.05, 4.69) is 5.32 Å². The number of hydrogen-bond acceptors (Lipinski definition) is 4. The molecule has 0 spiro atoms. The van der Waals surface area contributed by atoms with E-state index in [9.17, 15) is 18.0 Å². The predicted molar refractivity (Wildman–Crippen MR) is 142 cm³/mol. The van der Waals surface area contributed by atoms with Crippen LogP contribution in [0.15, 0.2) is 48.5 Å². The highest BCUT2D eigenvalue weighted by Gasteiger charge is 2.28. The molecule has 2 rings (SSSR count). The standard InChI is InChI=1S/C26H36ClN3O4S/c1-19-12-14-23(15-13-19)30(35(6,33)34)16-8-11-24(31)29(18-21-9-7-10-22(27)17-21)20(2)25(32)28-26(3,4)5/h7,9-10,12-15,17,20H,8,11,16,18H2,1-6H3,(H,28,32). The molecule has 0 saturated heterocycles. The van der Waals surface area contributed by atoms with Crippen molar-refractivity contribution in [2.24, 2.45) is 0 Å². The lowest BCUT2D eigenvalue weighted by Gasteiger charge is -2.32. The second-order valence-corrected chi connectivity index (χ2v) is 12.2. The van der Waals surface area contributed by atoms with Crippen LogP contribution >= 0.6 is 11.6 Å². The number of nitrogens with one attached hydrogen (secondary N) is 1. The maximum Gasteiger partial charge on any atom is 0.242 e. The van der Waals surface area contributed by atoms with Gasteiger partial charge in [0.15, 0.2) is 0 Å². The van der Waals surface area contributed by atoms with Crippen molar-refractivity contribution in [3.8, 4) is 0 Å². The molecule has 0 radical (unpaired) electrons. The van der Waals surface area contributed by atoms with Crippen molar-refractivity contribution >= 4 is 39.1 Å². The van der Waals surface area contributed by atoms with Gasteiger partial charge in [0.2, 0.25) is 21.8 Å². The molecule has 35 heavy (non-hydrogen) atoms. The Hall–Kier alpha value is -2.58. The summed E-state index contributed by atoms with van der Waals surface area (Å²) in [4.78, 5) is 27.7. The third-order valence-electron chi connectivity index (χ3n) is 5.38. The molecule has 0 bridgehead atoms. The maximum absolute atomic E-state index is 13.3. The number of sulfonamides is 1. The Morgan fingerprint density at radius 1 is 1.09 bits per heavy atom. The van der Waals surface area contributed by atoms with Gasteiger partial charge in [-0.1, -0.05) is 41.4 Å². The fraction of sp³-hybridized carbons (Fsp3) is 0.462. The molecule has 0 fully saturated rings. The Morgan fingerprint density at radius 3 is 2.26 bits per heavy atom. The fourth-order valence-electron chi connectivity index (χ4n) is 3.60. The minimum Gasteiger partial charge on any atom is -0.350 e. The number of rotatable bonds is 10. The third-order valence-corrected chi connectivity index (χ3v) is 6.81. The van der Waals surface area contributed by atoms with Gasteiger partial charge in [-0.3, -0.25) is 13.9 Å². The summed E-state index contributed by atoms with van der Waals surface area (Å²) in [6.45, 7) is 9.63. The minimum absolute atomic E-state index is 0.0889. The molecule has 1 atom stereocenters. The number of halogens is 1. The Balaban J connectivity index is 2.18. The van der Waals surface area contributed by atoms with Crippen LogP contribution in [-0.4, -0.2) is 49.5 Å². The lowest BCUT2D eigenvalue weighted by Crippen LogP contribution is -2.52. The molecular weight excluding hydrogens is 486 g/mol. The third kappa shape index (κ3) is 9.18. The van der Waals surface area contributed by atoms with Gasteiger partial charge in [0.25, 0.3) is 0 Å². The van der Waals surface area contributed by atoms with Crippen LogP contribution in [0.25, 0.3) is 0 Å². The van der Waals surface area contributed by atoms with E-state index in [4.69, 9.17) is 11.6 Å². The monoisotopic (exact) mass is 521 g/mol. The molecule has 2 amide bonds. The van der Waals surface area contributed by atoms with Crippen molar-refractivity contribution in [3.63, 3.8) is 0 Å². The quantitative estimate of drug-likeness (QED) is 0.497. The normalized spacial score (nSPS) is 12.7. The fourth-order valence-corrected chi connectivity index (χ4v) is 4.78. The zero-order valence-electron chi connectivity index (χ0n) is 21.3. The highest BCUT2D eigenvalue weighted by molar-refractivity contribution is 7.92. The predicted octanol–water partition coefficient (Wildman–Crippen LogP) is 4.53. The molecule has 7 nitrogen and oxygen atoms in total. The van der Waals surface area contributed by atoms with Crippen LogP contribution in [-0.2, 0) is 26.2 Å². The molecule has 2 aromatic rings. The molecule has 0 aliphatic heterocycles. The van der Waals surface area contributed by atoms with Crippen molar-refractivity contribution in [3.05, 3.63) is 64.7 Å². The first kappa shape index (κ1) is 28.7. The van der Waals surface area contributed by atoms with Gasteiger partial charge in [-0.05, 0) is 70.9 Å². The molecule has 9 heteroatoms. The minimum atomic E-state index is -3.52. The van der Waals surface area contributed by atoms with Crippen LogP contribution in [0.5, 0.6) is 0 Å². The summed E-state index contributed by atoms with van der Waals surface area (Å²) >= 11 is 6.12. The molecule has 0 aliphatic rings. The Bertz CT molecular complexity index is 1130. The summed E-state index contributed by atoms with van der Waals surface area (Å²) in [6.07, 6.45) is 1.55. The van der Waals surface area contributed by atoms with E-state index in [1.165, 1.54) is 9.21 Å². The van der Waals surface area contributed by atoms with Crippen molar-refractivity contribution in [2.75, 3.05) is 17.1 Å². The molecule has 0 heterocycles. The van der Waals surface area contributed by atoms with E-state index in [-0.39, 0.29) is 31.3 Å². The van der Waals surface area contributed by atoms with Gasteiger partial charge in [-0.25, -0.2) is 8.42 Å². The van der Waals surface area contributed by atoms with Crippen molar-refractivity contribution in [2.45, 2.75) is 65.6 Å². The first-order valence-electron chi connectivity index (χ1n) is 11.6. The van der Waals surface area contributed by atoms with Crippen molar-refractivity contribution in [1.29, 1.82) is 0 Å². The van der Waals surface area contributed by atoms with E-state index in [0.717, 1.165) is 17.4 Å². The summed E-state index contributed by atoms with van der Waals surface area (Å²) in [5.74, 6) is -0.496. The van der Waals surface area contributed by atoms with Gasteiger partial charge in [0.05, 0.1) is 11.9 Å². The Labute approximate surface area is 214 Å². The first-order valence-corrected chi connectivity index (χ1v) is 13.8. The summed E-state index contributed by atoms with van der Waals surface area (Å²) in [6, 6.07) is 13.6. The van der Waals surface area contributed by atoms with Gasteiger partial charge in [-0.2, -0.15) is 0 Å². The summed E-state index contributed by atoms with van der Waals surface area (Å²) in [5.41, 5.74) is 1.94. The largest absolute Gasteiger partial charge is 0.350 e. The van der Waals surface area contributed by atoms with Crippen molar-refractivity contribution in [1.82, 2.24) is 10.2 Å². The van der Waals surface area contributed by atoms with E-state index < -0.39 is 21.6 Å². The Morgan fingerprint density at radius 2 is 1.71 bits per heavy atom. The zero-order chi connectivity index (χ0) is 26.4. The van der Waals surface area contributed by atoms with E-state index >= 15 is 0 Å². The maximum atomic E-state index is 13.3. The van der Waals surface area contributed by atoms with Crippen LogP contribution in [0.3, 0.4) is 0 Å². The second kappa shape index (κ2) is 11.9. The van der Waals surface area contributed by atoms with Crippen LogP contribution in [0.1, 0.15) is 51.7 Å². The number of benzene rings is 2. The van der Waals surface area contributed by atoms with E-state index in [1.807, 2.05) is 45.9 Å². The average Bonchev–Trinajstić information content (AvgIpc) is 2.73. The van der Waals surface area contributed by atoms with Crippen LogP contribution in [0, 0.1) is 6.92 Å².